The van der Waals surface area contributed by atoms with Crippen molar-refractivity contribution in [3.05, 3.63) is 23.8 Å². The van der Waals surface area contributed by atoms with Crippen LogP contribution in [0.2, 0.25) is 0 Å². The van der Waals surface area contributed by atoms with Crippen molar-refractivity contribution < 1.29 is 23.4 Å². The quantitative estimate of drug-likeness (QED) is 0.757. The van der Waals surface area contributed by atoms with Crippen LogP contribution in [0.25, 0.3) is 10.9 Å². The number of benzene rings is 1. The smallest absolute Gasteiger partial charge is 0.330 e. The Morgan fingerprint density at radius 1 is 1.32 bits per heavy atom. The number of hydrogen-bond acceptors (Lipinski definition) is 7. The lowest BCUT2D eigenvalue weighted by Crippen LogP contribution is -2.41. The number of rotatable bonds is 6. The molecule has 1 aliphatic rings. The highest BCUT2D eigenvalue weighted by Crippen LogP contribution is 2.31. The van der Waals surface area contributed by atoms with E-state index >= 15 is 0 Å². The number of halogens is 1. The number of aromatic nitrogens is 2. The molecule has 1 aromatic carbocycles. The highest BCUT2D eigenvalue weighted by molar-refractivity contribution is 5.89. The van der Waals surface area contributed by atoms with E-state index in [0.717, 1.165) is 12.8 Å². The van der Waals surface area contributed by atoms with Crippen molar-refractivity contribution in [2.45, 2.75) is 51.7 Å². The number of ether oxygens (including phenoxy) is 3. The zero-order chi connectivity index (χ0) is 20.3. The van der Waals surface area contributed by atoms with Crippen LogP contribution in [0, 0.1) is 5.82 Å². The molecule has 2 heterocycles. The van der Waals surface area contributed by atoms with E-state index in [1.54, 1.807) is 19.9 Å². The van der Waals surface area contributed by atoms with E-state index in [9.17, 15) is 9.18 Å². The molecule has 0 saturated carbocycles. The number of nitrogens with zero attached hydrogens (tertiary/aromatic N) is 2. The molecule has 7 nitrogen and oxygen atoms in total. The molecule has 0 bridgehead atoms. The van der Waals surface area contributed by atoms with E-state index < -0.39 is 17.3 Å². The van der Waals surface area contributed by atoms with Gasteiger partial charge in [0.2, 0.25) is 5.88 Å². The number of carbonyl (C=O) groups is 1. The predicted molar refractivity (Wildman–Crippen MR) is 103 cm³/mol. The Bertz CT molecular complexity index is 866. The van der Waals surface area contributed by atoms with E-state index in [0.29, 0.717) is 42.4 Å². The maximum atomic E-state index is 14.9. The number of methoxy groups -OCH3 is 1. The van der Waals surface area contributed by atoms with Crippen molar-refractivity contribution in [3.63, 3.8) is 0 Å². The van der Waals surface area contributed by atoms with Crippen LogP contribution in [-0.4, -0.2) is 47.9 Å². The standard InChI is InChI=1S/C20H26FN3O4/c1-5-16-22-17-14(18(23-16)28-13-6-8-27-9-7-13)10-12(11-15(17)21)24-20(2,3)19(25)26-4/h10-11,13,24H,5-9H2,1-4H3. The first-order valence-corrected chi connectivity index (χ1v) is 9.45. The molecule has 1 N–H and O–H groups in total. The number of esters is 1. The van der Waals surface area contributed by atoms with Gasteiger partial charge in [-0.05, 0) is 26.0 Å². The van der Waals surface area contributed by atoms with Crippen LogP contribution < -0.4 is 10.1 Å². The van der Waals surface area contributed by atoms with Gasteiger partial charge in [-0.2, -0.15) is 4.98 Å². The second kappa shape index (κ2) is 8.26. The molecule has 0 atom stereocenters. The topological polar surface area (TPSA) is 82.6 Å². The molecule has 1 saturated heterocycles. The molecule has 1 fully saturated rings. The molecular weight excluding hydrogens is 365 g/mol. The fraction of sp³-hybridized carbons (Fsp3) is 0.550. The van der Waals surface area contributed by atoms with Crippen molar-refractivity contribution in [3.8, 4) is 5.88 Å². The van der Waals surface area contributed by atoms with Crippen LogP contribution in [0.1, 0.15) is 39.4 Å². The van der Waals surface area contributed by atoms with Crippen LogP contribution in [-0.2, 0) is 20.7 Å². The third-order valence-electron chi connectivity index (χ3n) is 4.68. The molecule has 0 amide bonds. The molecule has 0 spiro atoms. The summed E-state index contributed by atoms with van der Waals surface area (Å²) in [6.07, 6.45) is 2.03. The average Bonchev–Trinajstić information content (AvgIpc) is 2.68. The van der Waals surface area contributed by atoms with Crippen LogP contribution in [0.5, 0.6) is 5.88 Å². The Kier molecular flexibility index (Phi) is 5.98. The number of nitrogens with one attached hydrogen (secondary N) is 1. The summed E-state index contributed by atoms with van der Waals surface area (Å²) in [5.41, 5.74) is -0.402. The Hall–Kier alpha value is -2.48. The Balaban J connectivity index is 2.02. The largest absolute Gasteiger partial charge is 0.474 e. The van der Waals surface area contributed by atoms with Gasteiger partial charge < -0.3 is 19.5 Å². The van der Waals surface area contributed by atoms with Gasteiger partial charge in [-0.1, -0.05) is 6.92 Å². The summed E-state index contributed by atoms with van der Waals surface area (Å²) in [4.78, 5) is 20.8. The molecule has 152 valence electrons. The van der Waals surface area contributed by atoms with Crippen molar-refractivity contribution in [1.29, 1.82) is 0 Å². The van der Waals surface area contributed by atoms with Crippen LogP contribution in [0.15, 0.2) is 12.1 Å². The summed E-state index contributed by atoms with van der Waals surface area (Å²) < 4.78 is 31.1. The zero-order valence-electron chi connectivity index (χ0n) is 16.7. The molecule has 2 aromatic rings. The second-order valence-corrected chi connectivity index (χ2v) is 7.32. The second-order valence-electron chi connectivity index (χ2n) is 7.32. The fourth-order valence-corrected chi connectivity index (χ4v) is 3.15. The minimum atomic E-state index is -1.03. The number of aryl methyl sites for hydroxylation is 1. The highest BCUT2D eigenvalue weighted by atomic mass is 19.1. The van der Waals surface area contributed by atoms with E-state index in [2.05, 4.69) is 15.3 Å². The lowest BCUT2D eigenvalue weighted by atomic mass is 10.0. The lowest BCUT2D eigenvalue weighted by Gasteiger charge is -2.25. The van der Waals surface area contributed by atoms with Gasteiger partial charge in [0, 0.05) is 24.9 Å². The Labute approximate surface area is 163 Å². The molecule has 0 aliphatic carbocycles. The van der Waals surface area contributed by atoms with Gasteiger partial charge in [0.25, 0.3) is 0 Å². The molecular formula is C20H26FN3O4. The molecule has 0 radical (unpaired) electrons. The van der Waals surface area contributed by atoms with Crippen molar-refractivity contribution in [2.24, 2.45) is 0 Å². The zero-order valence-corrected chi connectivity index (χ0v) is 16.7. The van der Waals surface area contributed by atoms with E-state index in [1.165, 1.54) is 13.2 Å². The van der Waals surface area contributed by atoms with Gasteiger partial charge in [0.1, 0.15) is 23.0 Å². The average molecular weight is 391 g/mol. The van der Waals surface area contributed by atoms with E-state index in [-0.39, 0.29) is 11.6 Å². The first-order valence-electron chi connectivity index (χ1n) is 9.45. The maximum absolute atomic E-state index is 14.9. The Morgan fingerprint density at radius 2 is 2.04 bits per heavy atom. The minimum absolute atomic E-state index is 0.0391. The van der Waals surface area contributed by atoms with Gasteiger partial charge in [-0.15, -0.1) is 0 Å². The SMILES string of the molecule is CCc1nc(OC2CCOCC2)c2cc(NC(C)(C)C(=O)OC)cc(F)c2n1. The molecule has 3 rings (SSSR count). The highest BCUT2D eigenvalue weighted by Gasteiger charge is 2.29. The van der Waals surface area contributed by atoms with Crippen LogP contribution in [0.4, 0.5) is 10.1 Å². The summed E-state index contributed by atoms with van der Waals surface area (Å²) in [7, 11) is 1.31. The van der Waals surface area contributed by atoms with Crippen LogP contribution >= 0.6 is 0 Å². The van der Waals surface area contributed by atoms with E-state index in [1.807, 2.05) is 6.92 Å². The molecule has 28 heavy (non-hydrogen) atoms. The Morgan fingerprint density at radius 3 is 2.68 bits per heavy atom. The molecule has 1 aromatic heterocycles. The van der Waals surface area contributed by atoms with E-state index in [4.69, 9.17) is 14.2 Å². The summed E-state index contributed by atoms with van der Waals surface area (Å²) in [5.74, 6) is -0.0879. The summed E-state index contributed by atoms with van der Waals surface area (Å²) in [5, 5.41) is 3.48. The molecule has 8 heteroatoms. The maximum Gasteiger partial charge on any atom is 0.330 e. The van der Waals surface area contributed by atoms with Crippen molar-refractivity contribution >= 4 is 22.6 Å². The normalized spacial score (nSPS) is 15.5. The summed E-state index contributed by atoms with van der Waals surface area (Å²) in [6.45, 7) is 6.49. The third-order valence-corrected chi connectivity index (χ3v) is 4.68. The van der Waals surface area contributed by atoms with Crippen molar-refractivity contribution in [2.75, 3.05) is 25.6 Å². The van der Waals surface area contributed by atoms with Gasteiger partial charge in [0.05, 0.1) is 25.7 Å². The predicted octanol–water partition coefficient (Wildman–Crippen LogP) is 3.25. The first kappa shape index (κ1) is 20.3. The van der Waals surface area contributed by atoms with Crippen LogP contribution in [0.3, 0.4) is 0 Å². The number of anilines is 1. The molecule has 1 aliphatic heterocycles. The number of hydrogen-bond donors (Lipinski definition) is 1. The third kappa shape index (κ3) is 4.32. The first-order chi connectivity index (χ1) is 13.3. The number of carbonyl (C=O) groups excluding carboxylic acids is 1. The lowest BCUT2D eigenvalue weighted by molar-refractivity contribution is -0.144. The number of fused-ring (bicyclic) bond motifs is 1. The summed E-state index contributed by atoms with van der Waals surface area (Å²) in [6, 6.07) is 3.02. The molecule has 0 unspecified atom stereocenters. The summed E-state index contributed by atoms with van der Waals surface area (Å²) >= 11 is 0. The fourth-order valence-electron chi connectivity index (χ4n) is 3.15. The van der Waals surface area contributed by atoms with Gasteiger partial charge in [-0.3, -0.25) is 0 Å². The van der Waals surface area contributed by atoms with Gasteiger partial charge >= 0.3 is 5.97 Å². The van der Waals surface area contributed by atoms with Gasteiger partial charge in [-0.25, -0.2) is 14.2 Å². The monoisotopic (exact) mass is 391 g/mol. The van der Waals surface area contributed by atoms with Crippen molar-refractivity contribution in [1.82, 2.24) is 9.97 Å². The minimum Gasteiger partial charge on any atom is -0.474 e. The van der Waals surface area contributed by atoms with Gasteiger partial charge in [0.15, 0.2) is 5.82 Å².